The second-order valence-corrected chi connectivity index (χ2v) is 5.28. The molecule has 6 heteroatoms. The Bertz CT molecular complexity index is 294. The second-order valence-electron chi connectivity index (χ2n) is 5.28. The Hall–Kier alpha value is -0.940. The van der Waals surface area contributed by atoms with Crippen molar-refractivity contribution in [3.63, 3.8) is 0 Å². The molecule has 0 aromatic carbocycles. The van der Waals surface area contributed by atoms with E-state index in [-0.39, 0.29) is 6.54 Å². The summed E-state index contributed by atoms with van der Waals surface area (Å²) < 4.78 is 36.2. The van der Waals surface area contributed by atoms with Crippen molar-refractivity contribution in [2.24, 2.45) is 10.4 Å². The number of aliphatic imine (C=N–C) groups is 1. The highest BCUT2D eigenvalue weighted by molar-refractivity contribution is 5.79. The third kappa shape index (κ3) is 5.70. The SMILES string of the molecule is CCC1(CNC(=NC)NCCC(F)(F)F)CCCC1. The fourth-order valence-corrected chi connectivity index (χ4v) is 2.59. The summed E-state index contributed by atoms with van der Waals surface area (Å²) in [6, 6.07) is 0. The molecule has 1 rings (SSSR count). The molecule has 19 heavy (non-hydrogen) atoms. The summed E-state index contributed by atoms with van der Waals surface area (Å²) in [6.45, 7) is 2.82. The minimum absolute atomic E-state index is 0.137. The van der Waals surface area contributed by atoms with Crippen LogP contribution in [0.4, 0.5) is 13.2 Å². The Morgan fingerprint density at radius 1 is 1.21 bits per heavy atom. The Morgan fingerprint density at radius 2 is 1.84 bits per heavy atom. The molecule has 1 aliphatic carbocycles. The molecular formula is C13H24F3N3. The van der Waals surface area contributed by atoms with Crippen molar-refractivity contribution < 1.29 is 13.2 Å². The van der Waals surface area contributed by atoms with Gasteiger partial charge in [-0.25, -0.2) is 0 Å². The van der Waals surface area contributed by atoms with E-state index >= 15 is 0 Å². The van der Waals surface area contributed by atoms with Crippen LogP contribution >= 0.6 is 0 Å². The highest BCUT2D eigenvalue weighted by atomic mass is 19.4. The van der Waals surface area contributed by atoms with E-state index in [1.165, 1.54) is 25.7 Å². The number of rotatable bonds is 5. The van der Waals surface area contributed by atoms with Crippen LogP contribution in [0.15, 0.2) is 4.99 Å². The number of alkyl halides is 3. The monoisotopic (exact) mass is 279 g/mol. The van der Waals surface area contributed by atoms with Gasteiger partial charge in [0.1, 0.15) is 0 Å². The quantitative estimate of drug-likeness (QED) is 0.599. The van der Waals surface area contributed by atoms with Crippen LogP contribution in [0.25, 0.3) is 0 Å². The van der Waals surface area contributed by atoms with Crippen molar-refractivity contribution in [3.05, 3.63) is 0 Å². The van der Waals surface area contributed by atoms with Crippen molar-refractivity contribution in [1.82, 2.24) is 10.6 Å². The zero-order valence-corrected chi connectivity index (χ0v) is 11.7. The standard InChI is InChI=1S/C13H24F3N3/c1-3-12(6-4-5-7-12)10-19-11(17-2)18-9-8-13(14,15)16/h3-10H2,1-2H3,(H2,17,18,19). The van der Waals surface area contributed by atoms with Crippen LogP contribution in [0.5, 0.6) is 0 Å². The summed E-state index contributed by atoms with van der Waals surface area (Å²) in [5.74, 6) is 0.462. The summed E-state index contributed by atoms with van der Waals surface area (Å²) in [7, 11) is 1.58. The largest absolute Gasteiger partial charge is 0.390 e. The molecule has 0 spiro atoms. The Balaban J connectivity index is 2.33. The fourth-order valence-electron chi connectivity index (χ4n) is 2.59. The molecule has 1 aliphatic rings. The van der Waals surface area contributed by atoms with Crippen molar-refractivity contribution in [1.29, 1.82) is 0 Å². The zero-order chi connectivity index (χ0) is 14.4. The lowest BCUT2D eigenvalue weighted by Crippen LogP contribution is -2.43. The highest BCUT2D eigenvalue weighted by Crippen LogP contribution is 2.40. The van der Waals surface area contributed by atoms with E-state index in [0.717, 1.165) is 13.0 Å². The Labute approximate surface area is 113 Å². The van der Waals surface area contributed by atoms with Gasteiger partial charge in [0, 0.05) is 20.1 Å². The van der Waals surface area contributed by atoms with Gasteiger partial charge in [-0.3, -0.25) is 4.99 Å². The summed E-state index contributed by atoms with van der Waals surface area (Å²) in [4.78, 5) is 3.96. The molecule has 0 saturated heterocycles. The van der Waals surface area contributed by atoms with E-state index < -0.39 is 12.6 Å². The molecule has 0 amide bonds. The molecule has 0 heterocycles. The molecule has 2 N–H and O–H groups in total. The molecule has 1 fully saturated rings. The fraction of sp³-hybridized carbons (Fsp3) is 0.923. The van der Waals surface area contributed by atoms with Gasteiger partial charge >= 0.3 is 6.18 Å². The van der Waals surface area contributed by atoms with Crippen LogP contribution in [0.2, 0.25) is 0 Å². The van der Waals surface area contributed by atoms with Gasteiger partial charge in [-0.1, -0.05) is 19.8 Å². The van der Waals surface area contributed by atoms with Gasteiger partial charge in [-0.05, 0) is 24.7 Å². The first-order valence-corrected chi connectivity index (χ1v) is 6.92. The molecule has 0 radical (unpaired) electrons. The maximum absolute atomic E-state index is 12.1. The van der Waals surface area contributed by atoms with Gasteiger partial charge in [-0.2, -0.15) is 13.2 Å². The molecule has 0 atom stereocenters. The highest BCUT2D eigenvalue weighted by Gasteiger charge is 2.32. The van der Waals surface area contributed by atoms with Crippen molar-refractivity contribution in [2.75, 3.05) is 20.1 Å². The molecule has 1 saturated carbocycles. The molecule has 0 aromatic rings. The minimum Gasteiger partial charge on any atom is -0.356 e. The van der Waals surface area contributed by atoms with Gasteiger partial charge < -0.3 is 10.6 Å². The zero-order valence-electron chi connectivity index (χ0n) is 11.7. The average Bonchev–Trinajstić information content (AvgIpc) is 2.81. The summed E-state index contributed by atoms with van der Waals surface area (Å²) in [5, 5.41) is 5.87. The first-order chi connectivity index (χ1) is 8.91. The van der Waals surface area contributed by atoms with Crippen LogP contribution in [-0.4, -0.2) is 32.3 Å². The molecular weight excluding hydrogens is 255 g/mol. The average molecular weight is 279 g/mol. The number of nitrogens with zero attached hydrogens (tertiary/aromatic N) is 1. The maximum atomic E-state index is 12.1. The Morgan fingerprint density at radius 3 is 2.32 bits per heavy atom. The molecule has 0 unspecified atom stereocenters. The first-order valence-electron chi connectivity index (χ1n) is 6.92. The third-order valence-corrected chi connectivity index (χ3v) is 3.97. The van der Waals surface area contributed by atoms with Gasteiger partial charge in [-0.15, -0.1) is 0 Å². The van der Waals surface area contributed by atoms with Crippen LogP contribution < -0.4 is 10.6 Å². The predicted octanol–water partition coefficient (Wildman–Crippen LogP) is 3.07. The van der Waals surface area contributed by atoms with Gasteiger partial charge in [0.25, 0.3) is 0 Å². The minimum atomic E-state index is -4.12. The number of hydrogen-bond acceptors (Lipinski definition) is 1. The number of hydrogen-bond donors (Lipinski definition) is 2. The van der Waals surface area contributed by atoms with E-state index in [0.29, 0.717) is 11.4 Å². The third-order valence-electron chi connectivity index (χ3n) is 3.97. The van der Waals surface area contributed by atoms with E-state index in [1.807, 2.05) is 0 Å². The molecule has 3 nitrogen and oxygen atoms in total. The van der Waals surface area contributed by atoms with Crippen molar-refractivity contribution in [3.8, 4) is 0 Å². The van der Waals surface area contributed by atoms with Gasteiger partial charge in [0.05, 0.1) is 6.42 Å². The molecule has 0 aliphatic heterocycles. The molecule has 0 bridgehead atoms. The number of nitrogens with one attached hydrogen (secondary N) is 2. The first kappa shape index (κ1) is 16.1. The normalized spacial score (nSPS) is 19.5. The lowest BCUT2D eigenvalue weighted by molar-refractivity contribution is -0.132. The number of halogens is 3. The van der Waals surface area contributed by atoms with Crippen LogP contribution in [0, 0.1) is 5.41 Å². The maximum Gasteiger partial charge on any atom is 0.390 e. The van der Waals surface area contributed by atoms with Gasteiger partial charge in [0.15, 0.2) is 5.96 Å². The smallest absolute Gasteiger partial charge is 0.356 e. The summed E-state index contributed by atoms with van der Waals surface area (Å²) in [6.07, 6.45) is 1.01. The number of guanidine groups is 1. The second kappa shape index (κ2) is 7.01. The van der Waals surface area contributed by atoms with Crippen molar-refractivity contribution >= 4 is 5.96 Å². The van der Waals surface area contributed by atoms with Gasteiger partial charge in [0.2, 0.25) is 0 Å². The van der Waals surface area contributed by atoms with E-state index in [9.17, 15) is 13.2 Å². The Kier molecular flexibility index (Phi) is 5.94. The lowest BCUT2D eigenvalue weighted by atomic mass is 9.83. The summed E-state index contributed by atoms with van der Waals surface area (Å²) >= 11 is 0. The summed E-state index contributed by atoms with van der Waals surface area (Å²) in [5.41, 5.74) is 0.293. The predicted molar refractivity (Wildman–Crippen MR) is 71.2 cm³/mol. The van der Waals surface area contributed by atoms with Crippen molar-refractivity contribution in [2.45, 2.75) is 51.6 Å². The van der Waals surface area contributed by atoms with Crippen LogP contribution in [0.1, 0.15) is 45.4 Å². The van der Waals surface area contributed by atoms with E-state index in [2.05, 4.69) is 22.5 Å². The van der Waals surface area contributed by atoms with E-state index in [4.69, 9.17) is 0 Å². The van der Waals surface area contributed by atoms with Crippen LogP contribution in [0.3, 0.4) is 0 Å². The molecule has 0 aromatic heterocycles. The topological polar surface area (TPSA) is 36.4 Å². The van der Waals surface area contributed by atoms with E-state index in [1.54, 1.807) is 7.05 Å². The lowest BCUT2D eigenvalue weighted by Gasteiger charge is -2.28. The van der Waals surface area contributed by atoms with Crippen LogP contribution in [-0.2, 0) is 0 Å². The molecule has 112 valence electrons.